The smallest absolute Gasteiger partial charge is 0.188 e. The highest BCUT2D eigenvalue weighted by Crippen LogP contribution is 2.10. The first-order valence-corrected chi connectivity index (χ1v) is 10.2. The highest BCUT2D eigenvalue weighted by molar-refractivity contribution is 7.90. The van der Waals surface area contributed by atoms with Gasteiger partial charge in [0.2, 0.25) is 0 Å². The number of hydrogen-bond donors (Lipinski definition) is 2. The first kappa shape index (κ1) is 19.5. The summed E-state index contributed by atoms with van der Waals surface area (Å²) in [6, 6.07) is 6.72. The van der Waals surface area contributed by atoms with E-state index >= 15 is 0 Å². The SMILES string of the molecule is CCCCCCCCNC(N)=NCc1ccc(S(C)(=O)=O)cc1. The predicted molar refractivity (Wildman–Crippen MR) is 96.3 cm³/mol. The number of nitrogens with two attached hydrogens (primary N) is 1. The molecule has 1 rings (SSSR count). The Morgan fingerprint density at radius 1 is 1.09 bits per heavy atom. The summed E-state index contributed by atoms with van der Waals surface area (Å²) in [6.07, 6.45) is 8.68. The second-order valence-corrected chi connectivity index (χ2v) is 7.83. The third-order valence-corrected chi connectivity index (χ3v) is 4.75. The van der Waals surface area contributed by atoms with Crippen molar-refractivity contribution >= 4 is 15.8 Å². The number of guanidine groups is 1. The number of aliphatic imine (C=N–C) groups is 1. The number of hydrogen-bond acceptors (Lipinski definition) is 3. The van der Waals surface area contributed by atoms with Gasteiger partial charge in [-0.25, -0.2) is 13.4 Å². The van der Waals surface area contributed by atoms with Crippen LogP contribution >= 0.6 is 0 Å². The molecule has 1 aromatic rings. The van der Waals surface area contributed by atoms with Crippen LogP contribution in [0.4, 0.5) is 0 Å². The van der Waals surface area contributed by atoms with E-state index in [4.69, 9.17) is 5.73 Å². The molecule has 1 aromatic carbocycles. The monoisotopic (exact) mass is 339 g/mol. The van der Waals surface area contributed by atoms with Crippen molar-refractivity contribution in [2.75, 3.05) is 12.8 Å². The lowest BCUT2D eigenvalue weighted by atomic mass is 10.1. The molecule has 0 fully saturated rings. The van der Waals surface area contributed by atoms with Gasteiger partial charge < -0.3 is 11.1 Å². The second kappa shape index (κ2) is 10.3. The summed E-state index contributed by atoms with van der Waals surface area (Å²) in [7, 11) is -3.15. The van der Waals surface area contributed by atoms with E-state index in [1.807, 2.05) is 0 Å². The Morgan fingerprint density at radius 2 is 1.70 bits per heavy atom. The van der Waals surface area contributed by atoms with Crippen molar-refractivity contribution in [2.24, 2.45) is 10.7 Å². The summed E-state index contributed by atoms with van der Waals surface area (Å²) >= 11 is 0. The van der Waals surface area contributed by atoms with Crippen LogP contribution in [0.2, 0.25) is 0 Å². The third-order valence-electron chi connectivity index (χ3n) is 3.62. The summed E-state index contributed by atoms with van der Waals surface area (Å²) in [5, 5.41) is 3.11. The summed E-state index contributed by atoms with van der Waals surface area (Å²) in [6.45, 7) is 3.50. The van der Waals surface area contributed by atoms with Crippen LogP contribution in [0, 0.1) is 0 Å². The first-order chi connectivity index (χ1) is 10.9. The minimum atomic E-state index is -3.15. The highest BCUT2D eigenvalue weighted by Gasteiger charge is 2.05. The van der Waals surface area contributed by atoms with Crippen molar-refractivity contribution in [3.8, 4) is 0 Å². The van der Waals surface area contributed by atoms with E-state index in [1.54, 1.807) is 24.3 Å². The molecule has 0 aliphatic carbocycles. The molecular weight excluding hydrogens is 310 g/mol. The Bertz CT molecular complexity index is 580. The fourth-order valence-corrected chi connectivity index (χ4v) is 2.83. The minimum absolute atomic E-state index is 0.319. The van der Waals surface area contributed by atoms with Gasteiger partial charge in [0.25, 0.3) is 0 Å². The molecule has 23 heavy (non-hydrogen) atoms. The maximum Gasteiger partial charge on any atom is 0.188 e. The highest BCUT2D eigenvalue weighted by atomic mass is 32.2. The van der Waals surface area contributed by atoms with Crippen molar-refractivity contribution < 1.29 is 8.42 Å². The van der Waals surface area contributed by atoms with Gasteiger partial charge in [0.1, 0.15) is 0 Å². The topological polar surface area (TPSA) is 84.5 Å². The molecule has 3 N–H and O–H groups in total. The van der Waals surface area contributed by atoms with Crippen molar-refractivity contribution in [1.82, 2.24) is 5.32 Å². The van der Waals surface area contributed by atoms with Crippen LogP contribution < -0.4 is 11.1 Å². The fraction of sp³-hybridized carbons (Fsp3) is 0.588. The number of sulfone groups is 1. The number of unbranched alkanes of at least 4 members (excludes halogenated alkanes) is 5. The lowest BCUT2D eigenvalue weighted by molar-refractivity contribution is 0.601. The van der Waals surface area contributed by atoms with E-state index in [9.17, 15) is 8.42 Å². The molecular formula is C17H29N3O2S. The van der Waals surface area contributed by atoms with E-state index in [1.165, 1.54) is 38.4 Å². The van der Waals surface area contributed by atoms with Gasteiger partial charge in [0.15, 0.2) is 15.8 Å². The van der Waals surface area contributed by atoms with Crippen LogP contribution in [0.3, 0.4) is 0 Å². The lowest BCUT2D eigenvalue weighted by Crippen LogP contribution is -2.32. The second-order valence-electron chi connectivity index (χ2n) is 5.81. The molecule has 6 heteroatoms. The molecule has 0 spiro atoms. The van der Waals surface area contributed by atoms with Crippen molar-refractivity contribution in [3.05, 3.63) is 29.8 Å². The van der Waals surface area contributed by atoms with Gasteiger partial charge in [-0.3, -0.25) is 0 Å². The standard InChI is InChI=1S/C17H29N3O2S/c1-3-4-5-6-7-8-13-19-17(18)20-14-15-9-11-16(12-10-15)23(2,21)22/h9-12H,3-8,13-14H2,1-2H3,(H3,18,19,20). The molecule has 5 nitrogen and oxygen atoms in total. The van der Waals surface area contributed by atoms with E-state index in [0.717, 1.165) is 18.5 Å². The van der Waals surface area contributed by atoms with E-state index < -0.39 is 9.84 Å². The molecule has 0 saturated heterocycles. The quantitative estimate of drug-likeness (QED) is 0.390. The molecule has 0 bridgehead atoms. The normalized spacial score (nSPS) is 12.3. The Hall–Kier alpha value is -1.56. The number of benzene rings is 1. The van der Waals surface area contributed by atoms with Gasteiger partial charge in [-0.2, -0.15) is 0 Å². The van der Waals surface area contributed by atoms with Gasteiger partial charge in [-0.05, 0) is 24.1 Å². The lowest BCUT2D eigenvalue weighted by Gasteiger charge is -2.06. The van der Waals surface area contributed by atoms with Crippen molar-refractivity contribution in [1.29, 1.82) is 0 Å². The van der Waals surface area contributed by atoms with Gasteiger partial charge in [-0.1, -0.05) is 51.2 Å². The van der Waals surface area contributed by atoms with Crippen LogP contribution in [-0.2, 0) is 16.4 Å². The zero-order valence-corrected chi connectivity index (χ0v) is 15.0. The zero-order valence-electron chi connectivity index (χ0n) is 14.2. The molecule has 0 atom stereocenters. The largest absolute Gasteiger partial charge is 0.370 e. The zero-order chi connectivity index (χ0) is 17.1. The third kappa shape index (κ3) is 8.59. The Kier molecular flexibility index (Phi) is 8.69. The molecule has 0 aliphatic heterocycles. The Labute approximate surface area is 140 Å². The maximum absolute atomic E-state index is 11.4. The number of nitrogens with one attached hydrogen (secondary N) is 1. The van der Waals surface area contributed by atoms with Crippen LogP contribution in [-0.4, -0.2) is 27.2 Å². The molecule has 0 heterocycles. The van der Waals surface area contributed by atoms with Crippen LogP contribution in [0.15, 0.2) is 34.2 Å². The van der Waals surface area contributed by atoms with Crippen LogP contribution in [0.25, 0.3) is 0 Å². The first-order valence-electron chi connectivity index (χ1n) is 8.26. The predicted octanol–water partition coefficient (Wildman–Crippen LogP) is 2.85. The summed E-state index contributed by atoms with van der Waals surface area (Å²) in [5.41, 5.74) is 6.76. The van der Waals surface area contributed by atoms with E-state index in [0.29, 0.717) is 17.4 Å². The molecule has 0 aliphatic rings. The van der Waals surface area contributed by atoms with Gasteiger partial charge >= 0.3 is 0 Å². The average molecular weight is 340 g/mol. The van der Waals surface area contributed by atoms with Gasteiger partial charge in [0.05, 0.1) is 11.4 Å². The maximum atomic E-state index is 11.4. The van der Waals surface area contributed by atoms with Crippen LogP contribution in [0.5, 0.6) is 0 Å². The fourth-order valence-electron chi connectivity index (χ4n) is 2.20. The van der Waals surface area contributed by atoms with Crippen molar-refractivity contribution in [2.45, 2.75) is 56.9 Å². The average Bonchev–Trinajstić information content (AvgIpc) is 2.51. The molecule has 0 amide bonds. The van der Waals surface area contributed by atoms with Gasteiger partial charge in [-0.15, -0.1) is 0 Å². The summed E-state index contributed by atoms with van der Waals surface area (Å²) < 4.78 is 22.8. The number of rotatable bonds is 10. The van der Waals surface area contributed by atoms with Crippen molar-refractivity contribution in [3.63, 3.8) is 0 Å². The summed E-state index contributed by atoms with van der Waals surface area (Å²) in [4.78, 5) is 4.59. The Morgan fingerprint density at radius 3 is 2.30 bits per heavy atom. The van der Waals surface area contributed by atoms with E-state index in [2.05, 4.69) is 17.2 Å². The molecule has 0 unspecified atom stereocenters. The molecule has 0 saturated carbocycles. The molecule has 0 aromatic heterocycles. The molecule has 130 valence electrons. The minimum Gasteiger partial charge on any atom is -0.370 e. The Balaban J connectivity index is 2.28. The van der Waals surface area contributed by atoms with Crippen LogP contribution in [0.1, 0.15) is 51.0 Å². The number of nitrogens with zero attached hydrogens (tertiary/aromatic N) is 1. The summed E-state index contributed by atoms with van der Waals surface area (Å²) in [5.74, 6) is 0.436. The van der Waals surface area contributed by atoms with Gasteiger partial charge in [0, 0.05) is 12.8 Å². The molecule has 0 radical (unpaired) electrons. The van der Waals surface area contributed by atoms with E-state index in [-0.39, 0.29) is 0 Å².